The third-order valence-corrected chi connectivity index (χ3v) is 3.80. The first kappa shape index (κ1) is 15.4. The highest BCUT2D eigenvalue weighted by atomic mass is 127. The summed E-state index contributed by atoms with van der Waals surface area (Å²) in [6.07, 6.45) is 0. The molecule has 0 aliphatic carbocycles. The Hall–Kier alpha value is -0.630. The van der Waals surface area contributed by atoms with Gasteiger partial charge in [0.25, 0.3) is 5.91 Å². The zero-order chi connectivity index (χ0) is 13.9. The highest BCUT2D eigenvalue weighted by Crippen LogP contribution is 2.19. The van der Waals surface area contributed by atoms with Gasteiger partial charge >= 0.3 is 0 Å². The smallest absolute Gasteiger partial charge is 0.253 e. The maximum atomic E-state index is 12.1. The molecule has 4 nitrogen and oxygen atoms in total. The average molecular weight is 425 g/mol. The Bertz CT molecular complexity index is 477. The summed E-state index contributed by atoms with van der Waals surface area (Å²) in [6, 6.07) is 4.77. The number of primary amides is 1. The van der Waals surface area contributed by atoms with Crippen LogP contribution in [-0.2, 0) is 4.79 Å². The second-order valence-electron chi connectivity index (χ2n) is 4.22. The maximum Gasteiger partial charge on any atom is 0.253 e. The van der Waals surface area contributed by atoms with E-state index in [0.29, 0.717) is 10.0 Å². The number of nitrogens with two attached hydrogens (primary N) is 1. The first-order valence-electron chi connectivity index (χ1n) is 5.38. The van der Waals surface area contributed by atoms with Crippen LogP contribution in [0.2, 0.25) is 0 Å². The second kappa shape index (κ2) is 6.51. The molecule has 0 aliphatic rings. The Labute approximate surface area is 128 Å². The van der Waals surface area contributed by atoms with Crippen molar-refractivity contribution in [2.45, 2.75) is 19.9 Å². The molecule has 1 rings (SSSR count). The van der Waals surface area contributed by atoms with Crippen molar-refractivity contribution < 1.29 is 9.59 Å². The fourth-order valence-electron chi connectivity index (χ4n) is 1.46. The molecule has 0 bridgehead atoms. The molecule has 0 spiro atoms. The van der Waals surface area contributed by atoms with E-state index in [1.165, 1.54) is 0 Å². The molecule has 0 radical (unpaired) electrons. The van der Waals surface area contributed by atoms with Crippen LogP contribution in [0.3, 0.4) is 0 Å². The van der Waals surface area contributed by atoms with Gasteiger partial charge < -0.3 is 11.1 Å². The van der Waals surface area contributed by atoms with Gasteiger partial charge in [0.2, 0.25) is 5.91 Å². The van der Waals surface area contributed by atoms with Crippen LogP contribution < -0.4 is 11.1 Å². The highest BCUT2D eigenvalue weighted by Gasteiger charge is 2.23. The third-order valence-electron chi connectivity index (χ3n) is 2.43. The number of rotatable bonds is 4. The lowest BCUT2D eigenvalue weighted by Gasteiger charge is -2.19. The first-order valence-corrected chi connectivity index (χ1v) is 7.25. The van der Waals surface area contributed by atoms with Crippen molar-refractivity contribution in [3.05, 3.63) is 31.8 Å². The van der Waals surface area contributed by atoms with E-state index in [4.69, 9.17) is 5.73 Å². The van der Waals surface area contributed by atoms with Crippen LogP contribution >= 0.6 is 38.5 Å². The number of carbonyl (C=O) groups excluding carboxylic acids is 2. The monoisotopic (exact) mass is 424 g/mol. The fraction of sp³-hybridized carbons (Fsp3) is 0.333. The van der Waals surface area contributed by atoms with E-state index in [0.717, 1.165) is 3.57 Å². The van der Waals surface area contributed by atoms with Crippen molar-refractivity contribution in [2.75, 3.05) is 0 Å². The average Bonchev–Trinajstić information content (AvgIpc) is 2.28. The SMILES string of the molecule is CC(C)C(NC(=O)c1cc(I)ccc1Br)C(N)=O. The van der Waals surface area contributed by atoms with E-state index in [2.05, 4.69) is 43.8 Å². The van der Waals surface area contributed by atoms with E-state index in [1.54, 1.807) is 12.1 Å². The van der Waals surface area contributed by atoms with Crippen LogP contribution in [0.1, 0.15) is 24.2 Å². The van der Waals surface area contributed by atoms with Gasteiger partial charge in [-0.15, -0.1) is 0 Å². The number of benzene rings is 1. The first-order chi connectivity index (χ1) is 8.32. The van der Waals surface area contributed by atoms with Gasteiger partial charge in [0.15, 0.2) is 0 Å². The third kappa shape index (κ3) is 3.94. The molecule has 0 saturated heterocycles. The largest absolute Gasteiger partial charge is 0.368 e. The Morgan fingerprint density at radius 3 is 2.50 bits per heavy atom. The molecule has 0 fully saturated rings. The predicted molar refractivity (Wildman–Crippen MR) is 82.1 cm³/mol. The van der Waals surface area contributed by atoms with Crippen LogP contribution in [0.4, 0.5) is 0 Å². The Balaban J connectivity index is 2.94. The lowest BCUT2D eigenvalue weighted by atomic mass is 10.0. The van der Waals surface area contributed by atoms with Crippen LogP contribution in [0.5, 0.6) is 0 Å². The Kier molecular flexibility index (Phi) is 5.58. The van der Waals surface area contributed by atoms with Gasteiger partial charge in [-0.25, -0.2) is 0 Å². The molecule has 1 unspecified atom stereocenters. The minimum absolute atomic E-state index is 0.0481. The van der Waals surface area contributed by atoms with Crippen molar-refractivity contribution >= 4 is 50.3 Å². The summed E-state index contributed by atoms with van der Waals surface area (Å²) in [4.78, 5) is 23.3. The molecule has 1 aromatic rings. The lowest BCUT2D eigenvalue weighted by Crippen LogP contribution is -2.47. The van der Waals surface area contributed by atoms with E-state index in [-0.39, 0.29) is 11.8 Å². The summed E-state index contributed by atoms with van der Waals surface area (Å²) in [5, 5.41) is 2.65. The molecular formula is C12H14BrIN2O2. The van der Waals surface area contributed by atoms with Crippen molar-refractivity contribution in [3.8, 4) is 0 Å². The summed E-state index contributed by atoms with van der Waals surface area (Å²) in [5.74, 6) is -0.883. The number of carbonyl (C=O) groups is 2. The van der Waals surface area contributed by atoms with E-state index in [1.807, 2.05) is 19.9 Å². The molecular weight excluding hydrogens is 411 g/mol. The van der Waals surface area contributed by atoms with Crippen molar-refractivity contribution in [3.63, 3.8) is 0 Å². The molecule has 3 N–H and O–H groups in total. The molecule has 98 valence electrons. The molecule has 0 heterocycles. The van der Waals surface area contributed by atoms with Crippen molar-refractivity contribution in [1.82, 2.24) is 5.32 Å². The number of hydrogen-bond acceptors (Lipinski definition) is 2. The molecule has 2 amide bonds. The van der Waals surface area contributed by atoms with E-state index >= 15 is 0 Å². The minimum atomic E-state index is -0.665. The molecule has 0 aromatic heterocycles. The Morgan fingerprint density at radius 2 is 2.00 bits per heavy atom. The van der Waals surface area contributed by atoms with Crippen LogP contribution in [0, 0.1) is 9.49 Å². The number of nitrogens with one attached hydrogen (secondary N) is 1. The summed E-state index contributed by atoms with van der Waals surface area (Å²) in [5.41, 5.74) is 5.76. The van der Waals surface area contributed by atoms with E-state index in [9.17, 15) is 9.59 Å². The zero-order valence-electron chi connectivity index (χ0n) is 10.0. The highest BCUT2D eigenvalue weighted by molar-refractivity contribution is 14.1. The maximum absolute atomic E-state index is 12.1. The summed E-state index contributed by atoms with van der Waals surface area (Å²) in [7, 11) is 0. The quantitative estimate of drug-likeness (QED) is 0.728. The van der Waals surface area contributed by atoms with Gasteiger partial charge in [-0.05, 0) is 62.6 Å². The zero-order valence-corrected chi connectivity index (χ0v) is 13.8. The van der Waals surface area contributed by atoms with Gasteiger partial charge in [-0.1, -0.05) is 13.8 Å². The topological polar surface area (TPSA) is 72.2 Å². The van der Waals surface area contributed by atoms with Gasteiger partial charge in [-0.3, -0.25) is 9.59 Å². The van der Waals surface area contributed by atoms with Crippen molar-refractivity contribution in [2.24, 2.45) is 11.7 Å². The van der Waals surface area contributed by atoms with Gasteiger partial charge in [0.1, 0.15) is 6.04 Å². The van der Waals surface area contributed by atoms with Crippen molar-refractivity contribution in [1.29, 1.82) is 0 Å². The predicted octanol–water partition coefficient (Wildman–Crippen LogP) is 2.29. The number of halogens is 2. The molecule has 0 saturated carbocycles. The van der Waals surface area contributed by atoms with E-state index < -0.39 is 11.9 Å². The van der Waals surface area contributed by atoms with Gasteiger partial charge in [0.05, 0.1) is 5.56 Å². The summed E-state index contributed by atoms with van der Waals surface area (Å²) in [6.45, 7) is 3.67. The minimum Gasteiger partial charge on any atom is -0.368 e. The molecule has 1 aromatic carbocycles. The molecule has 0 aliphatic heterocycles. The van der Waals surface area contributed by atoms with Crippen LogP contribution in [0.15, 0.2) is 22.7 Å². The van der Waals surface area contributed by atoms with Crippen LogP contribution in [-0.4, -0.2) is 17.9 Å². The standard InChI is InChI=1S/C12H14BrIN2O2/c1-6(2)10(11(15)17)16-12(18)8-5-7(14)3-4-9(8)13/h3-6,10H,1-2H3,(H2,15,17)(H,16,18). The van der Waals surface area contributed by atoms with Gasteiger partial charge in [0, 0.05) is 8.04 Å². The van der Waals surface area contributed by atoms with Crippen LogP contribution in [0.25, 0.3) is 0 Å². The fourth-order valence-corrected chi connectivity index (χ4v) is 2.37. The molecule has 1 atom stereocenters. The van der Waals surface area contributed by atoms with Gasteiger partial charge in [-0.2, -0.15) is 0 Å². The lowest BCUT2D eigenvalue weighted by molar-refractivity contribution is -0.120. The normalized spacial score (nSPS) is 12.3. The number of hydrogen-bond donors (Lipinski definition) is 2. The Morgan fingerprint density at radius 1 is 1.39 bits per heavy atom. The summed E-state index contributed by atoms with van der Waals surface area (Å²) >= 11 is 5.44. The summed E-state index contributed by atoms with van der Waals surface area (Å²) < 4.78 is 1.63. The molecule has 18 heavy (non-hydrogen) atoms. The second-order valence-corrected chi connectivity index (χ2v) is 6.32. The number of amides is 2. The molecule has 6 heteroatoms.